The molecule has 0 saturated carbocycles. The molecule has 4 heteroatoms. The monoisotopic (exact) mass is 224 g/mol. The maximum atomic E-state index is 5.50. The predicted molar refractivity (Wildman–Crippen MR) is 66.1 cm³/mol. The van der Waals surface area contributed by atoms with E-state index < -0.39 is 0 Å². The van der Waals surface area contributed by atoms with Gasteiger partial charge in [-0.1, -0.05) is 18.2 Å². The van der Waals surface area contributed by atoms with Crippen molar-refractivity contribution in [2.75, 3.05) is 13.7 Å². The molecule has 1 aromatic rings. The van der Waals surface area contributed by atoms with E-state index in [2.05, 4.69) is 10.6 Å². The van der Waals surface area contributed by atoms with Gasteiger partial charge in [0.2, 0.25) is 0 Å². The molecule has 1 aromatic carbocycles. The zero-order valence-electron chi connectivity index (χ0n) is 9.04. The van der Waals surface area contributed by atoms with E-state index in [1.165, 1.54) is 0 Å². The first kappa shape index (κ1) is 11.8. The van der Waals surface area contributed by atoms with Crippen molar-refractivity contribution in [2.24, 2.45) is 0 Å². The van der Waals surface area contributed by atoms with Crippen LogP contribution in [0.15, 0.2) is 24.3 Å². The quantitative estimate of drug-likeness (QED) is 0.762. The largest absolute Gasteiger partial charge is 0.494 e. The molecule has 0 unspecified atom stereocenters. The maximum Gasteiger partial charge on any atom is 0.166 e. The summed E-state index contributed by atoms with van der Waals surface area (Å²) in [7, 11) is 1.80. The van der Waals surface area contributed by atoms with Crippen LogP contribution in [0, 0.1) is 0 Å². The molecule has 0 spiro atoms. The van der Waals surface area contributed by atoms with E-state index in [-0.39, 0.29) is 0 Å². The molecule has 0 fully saturated rings. The van der Waals surface area contributed by atoms with Gasteiger partial charge in [0.15, 0.2) is 5.11 Å². The van der Waals surface area contributed by atoms with E-state index in [0.717, 1.165) is 11.3 Å². The van der Waals surface area contributed by atoms with Crippen LogP contribution in [0.5, 0.6) is 5.75 Å². The van der Waals surface area contributed by atoms with Crippen molar-refractivity contribution in [2.45, 2.75) is 13.5 Å². The lowest BCUT2D eigenvalue weighted by atomic mass is 10.2. The molecule has 0 amide bonds. The van der Waals surface area contributed by atoms with E-state index in [9.17, 15) is 0 Å². The van der Waals surface area contributed by atoms with E-state index in [4.69, 9.17) is 17.0 Å². The lowest BCUT2D eigenvalue weighted by Crippen LogP contribution is -2.31. The average molecular weight is 224 g/mol. The van der Waals surface area contributed by atoms with Gasteiger partial charge in [0.05, 0.1) is 6.61 Å². The smallest absolute Gasteiger partial charge is 0.166 e. The number of rotatable bonds is 4. The number of nitrogens with one attached hydrogen (secondary N) is 2. The Kier molecular flexibility index (Phi) is 4.90. The summed E-state index contributed by atoms with van der Waals surface area (Å²) in [5.41, 5.74) is 1.11. The van der Waals surface area contributed by atoms with Gasteiger partial charge in [-0.15, -0.1) is 0 Å². The van der Waals surface area contributed by atoms with Crippen LogP contribution in [-0.2, 0) is 6.54 Å². The Labute approximate surface area is 95.8 Å². The first-order valence-corrected chi connectivity index (χ1v) is 5.35. The summed E-state index contributed by atoms with van der Waals surface area (Å²) in [6.45, 7) is 3.33. The Balaban J connectivity index is 2.62. The van der Waals surface area contributed by atoms with Crippen LogP contribution in [0.4, 0.5) is 0 Å². The van der Waals surface area contributed by atoms with Gasteiger partial charge >= 0.3 is 0 Å². The van der Waals surface area contributed by atoms with Crippen molar-refractivity contribution >= 4 is 17.3 Å². The highest BCUT2D eigenvalue weighted by Crippen LogP contribution is 2.17. The summed E-state index contributed by atoms with van der Waals surface area (Å²) >= 11 is 5.00. The second-order valence-electron chi connectivity index (χ2n) is 2.97. The van der Waals surface area contributed by atoms with Gasteiger partial charge in [-0.3, -0.25) is 0 Å². The van der Waals surface area contributed by atoms with Crippen LogP contribution >= 0.6 is 12.2 Å². The second kappa shape index (κ2) is 6.24. The Bertz CT molecular complexity index is 328. The molecule has 0 radical (unpaired) electrons. The topological polar surface area (TPSA) is 33.3 Å². The zero-order valence-corrected chi connectivity index (χ0v) is 9.86. The fourth-order valence-corrected chi connectivity index (χ4v) is 1.28. The minimum Gasteiger partial charge on any atom is -0.494 e. The van der Waals surface area contributed by atoms with Gasteiger partial charge in [-0.05, 0) is 25.2 Å². The molecular weight excluding hydrogens is 208 g/mol. The third kappa shape index (κ3) is 3.75. The lowest BCUT2D eigenvalue weighted by molar-refractivity contribution is 0.336. The molecule has 82 valence electrons. The maximum absolute atomic E-state index is 5.50. The van der Waals surface area contributed by atoms with Gasteiger partial charge in [0.25, 0.3) is 0 Å². The normalized spacial score (nSPS) is 9.47. The fraction of sp³-hybridized carbons (Fsp3) is 0.364. The van der Waals surface area contributed by atoms with E-state index in [1.54, 1.807) is 7.05 Å². The molecule has 0 atom stereocenters. The highest BCUT2D eigenvalue weighted by Gasteiger charge is 2.01. The third-order valence-electron chi connectivity index (χ3n) is 1.94. The van der Waals surface area contributed by atoms with Crippen LogP contribution < -0.4 is 15.4 Å². The number of thiocarbonyl (C=S) groups is 1. The first-order chi connectivity index (χ1) is 7.27. The van der Waals surface area contributed by atoms with Crippen LogP contribution in [0.2, 0.25) is 0 Å². The van der Waals surface area contributed by atoms with Crippen molar-refractivity contribution < 1.29 is 4.74 Å². The van der Waals surface area contributed by atoms with Gasteiger partial charge in [-0.2, -0.15) is 0 Å². The minimum atomic E-state index is 0.640. The summed E-state index contributed by atoms with van der Waals surface area (Å²) in [4.78, 5) is 0. The SMILES string of the molecule is CCOc1ccccc1CNC(=S)NC. The van der Waals surface area contributed by atoms with Gasteiger partial charge in [0, 0.05) is 19.2 Å². The van der Waals surface area contributed by atoms with Gasteiger partial charge in [0.1, 0.15) is 5.75 Å². The van der Waals surface area contributed by atoms with Crippen LogP contribution in [0.3, 0.4) is 0 Å². The van der Waals surface area contributed by atoms with Gasteiger partial charge < -0.3 is 15.4 Å². The van der Waals surface area contributed by atoms with Crippen molar-refractivity contribution in [1.82, 2.24) is 10.6 Å². The Morgan fingerprint density at radius 3 is 2.80 bits per heavy atom. The number of hydrogen-bond acceptors (Lipinski definition) is 2. The van der Waals surface area contributed by atoms with E-state index in [1.807, 2.05) is 31.2 Å². The molecule has 0 heterocycles. The number of hydrogen-bond donors (Lipinski definition) is 2. The molecule has 0 saturated heterocycles. The molecule has 2 N–H and O–H groups in total. The zero-order chi connectivity index (χ0) is 11.1. The molecule has 0 aliphatic heterocycles. The summed E-state index contributed by atoms with van der Waals surface area (Å²) in [6, 6.07) is 7.94. The number of ether oxygens (including phenoxy) is 1. The standard InChI is InChI=1S/C11H16N2OS/c1-3-14-10-7-5-4-6-9(10)8-13-11(15)12-2/h4-7H,3,8H2,1-2H3,(H2,12,13,15). The molecule has 0 bridgehead atoms. The summed E-state index contributed by atoms with van der Waals surface area (Å²) in [6.07, 6.45) is 0. The number of benzene rings is 1. The molecule has 1 rings (SSSR count). The Morgan fingerprint density at radius 1 is 1.40 bits per heavy atom. The predicted octanol–water partition coefficient (Wildman–Crippen LogP) is 1.68. The van der Waals surface area contributed by atoms with Crippen LogP contribution in [0.1, 0.15) is 12.5 Å². The average Bonchev–Trinajstić information content (AvgIpc) is 2.28. The van der Waals surface area contributed by atoms with Crippen LogP contribution in [-0.4, -0.2) is 18.8 Å². The van der Waals surface area contributed by atoms with E-state index in [0.29, 0.717) is 18.3 Å². The van der Waals surface area contributed by atoms with E-state index >= 15 is 0 Å². The molecule has 0 aliphatic carbocycles. The summed E-state index contributed by atoms with van der Waals surface area (Å²) in [5.74, 6) is 0.909. The van der Waals surface area contributed by atoms with Crippen molar-refractivity contribution in [1.29, 1.82) is 0 Å². The minimum absolute atomic E-state index is 0.640. The second-order valence-corrected chi connectivity index (χ2v) is 3.38. The Hall–Kier alpha value is -1.29. The molecular formula is C11H16N2OS. The number of para-hydroxylation sites is 1. The van der Waals surface area contributed by atoms with Crippen molar-refractivity contribution in [3.05, 3.63) is 29.8 Å². The van der Waals surface area contributed by atoms with Gasteiger partial charge in [-0.25, -0.2) is 0 Å². The van der Waals surface area contributed by atoms with Crippen molar-refractivity contribution in [3.8, 4) is 5.75 Å². The highest BCUT2D eigenvalue weighted by atomic mass is 32.1. The summed E-state index contributed by atoms with van der Waals surface area (Å²) in [5, 5.41) is 6.59. The molecule has 3 nitrogen and oxygen atoms in total. The molecule has 0 aromatic heterocycles. The Morgan fingerprint density at radius 2 is 2.13 bits per heavy atom. The van der Waals surface area contributed by atoms with Crippen molar-refractivity contribution in [3.63, 3.8) is 0 Å². The highest BCUT2D eigenvalue weighted by molar-refractivity contribution is 7.80. The lowest BCUT2D eigenvalue weighted by Gasteiger charge is -2.11. The molecule has 15 heavy (non-hydrogen) atoms. The third-order valence-corrected chi connectivity index (χ3v) is 2.29. The summed E-state index contributed by atoms with van der Waals surface area (Å²) < 4.78 is 5.50. The van der Waals surface area contributed by atoms with Crippen LogP contribution in [0.25, 0.3) is 0 Å². The molecule has 0 aliphatic rings. The first-order valence-electron chi connectivity index (χ1n) is 4.94. The fourth-order valence-electron chi connectivity index (χ4n) is 1.21.